The highest BCUT2D eigenvalue weighted by Crippen LogP contribution is 2.27. The molecule has 0 fully saturated rings. The molecular formula is C16H14INO2. The number of hydrogen-bond donors (Lipinski definition) is 1. The van der Waals surface area contributed by atoms with Gasteiger partial charge in [0, 0.05) is 9.26 Å². The first kappa shape index (κ1) is 13.4. The summed E-state index contributed by atoms with van der Waals surface area (Å²) in [6, 6.07) is 15.7. The molecule has 102 valence electrons. The van der Waals surface area contributed by atoms with E-state index in [4.69, 9.17) is 4.74 Å². The Morgan fingerprint density at radius 2 is 1.90 bits per heavy atom. The molecule has 2 aromatic rings. The van der Waals surface area contributed by atoms with E-state index in [9.17, 15) is 4.79 Å². The lowest BCUT2D eigenvalue weighted by atomic mass is 9.96. The van der Waals surface area contributed by atoms with Gasteiger partial charge in [0.25, 0.3) is 0 Å². The van der Waals surface area contributed by atoms with E-state index in [0.717, 1.165) is 27.0 Å². The quantitative estimate of drug-likeness (QED) is 0.812. The van der Waals surface area contributed by atoms with Crippen LogP contribution in [0.15, 0.2) is 48.5 Å². The summed E-state index contributed by atoms with van der Waals surface area (Å²) >= 11 is 2.24. The number of hydrogen-bond acceptors (Lipinski definition) is 2. The summed E-state index contributed by atoms with van der Waals surface area (Å²) in [4.78, 5) is 12.3. The number of carbonyl (C=O) groups is 1. The van der Waals surface area contributed by atoms with Crippen LogP contribution in [0.4, 0.5) is 5.69 Å². The normalized spacial score (nSPS) is 16.9. The Kier molecular flexibility index (Phi) is 3.91. The molecule has 3 nitrogen and oxygen atoms in total. The first-order valence-corrected chi connectivity index (χ1v) is 7.57. The minimum absolute atomic E-state index is 0.0145. The van der Waals surface area contributed by atoms with E-state index in [0.29, 0.717) is 6.61 Å². The van der Waals surface area contributed by atoms with E-state index >= 15 is 0 Å². The Morgan fingerprint density at radius 3 is 2.70 bits per heavy atom. The van der Waals surface area contributed by atoms with Crippen LogP contribution in [0.1, 0.15) is 5.56 Å². The molecule has 4 heteroatoms. The van der Waals surface area contributed by atoms with Crippen LogP contribution in [0.5, 0.6) is 5.75 Å². The van der Waals surface area contributed by atoms with Gasteiger partial charge in [-0.1, -0.05) is 18.2 Å². The van der Waals surface area contributed by atoms with Crippen LogP contribution in [0, 0.1) is 9.49 Å². The van der Waals surface area contributed by atoms with Gasteiger partial charge >= 0.3 is 0 Å². The number of benzene rings is 2. The Hall–Kier alpha value is -1.56. The number of ether oxygens (including phenoxy) is 1. The summed E-state index contributed by atoms with van der Waals surface area (Å²) in [5, 5.41) is 2.95. The maximum absolute atomic E-state index is 12.3. The number of nitrogens with one attached hydrogen (secondary N) is 1. The molecule has 3 rings (SSSR count). The zero-order valence-electron chi connectivity index (χ0n) is 10.8. The third kappa shape index (κ3) is 2.95. The predicted molar refractivity (Wildman–Crippen MR) is 86.9 cm³/mol. The van der Waals surface area contributed by atoms with Crippen LogP contribution in [0.3, 0.4) is 0 Å². The molecule has 1 heterocycles. The molecule has 1 N–H and O–H groups in total. The summed E-state index contributed by atoms with van der Waals surface area (Å²) in [5.74, 6) is 0.774. The van der Waals surface area contributed by atoms with Crippen molar-refractivity contribution >= 4 is 34.2 Å². The zero-order chi connectivity index (χ0) is 13.9. The van der Waals surface area contributed by atoms with Gasteiger partial charge in [0.1, 0.15) is 12.4 Å². The Bertz CT molecular complexity index is 625. The molecule has 20 heavy (non-hydrogen) atoms. The van der Waals surface area contributed by atoms with Crippen LogP contribution >= 0.6 is 22.6 Å². The van der Waals surface area contributed by atoms with Crippen molar-refractivity contribution in [2.24, 2.45) is 5.92 Å². The molecule has 1 aliphatic heterocycles. The number of amides is 1. The minimum Gasteiger partial charge on any atom is -0.492 e. The number of rotatable bonds is 2. The Balaban J connectivity index is 1.68. The van der Waals surface area contributed by atoms with Crippen LogP contribution < -0.4 is 10.1 Å². The SMILES string of the molecule is O=C(Nc1ccc(I)cc1)[C@@H]1COc2ccccc2C1. The Morgan fingerprint density at radius 1 is 1.15 bits per heavy atom. The molecule has 2 aromatic carbocycles. The van der Waals surface area contributed by atoms with E-state index in [2.05, 4.69) is 27.9 Å². The molecule has 0 aliphatic carbocycles. The molecule has 1 aliphatic rings. The molecule has 0 aromatic heterocycles. The van der Waals surface area contributed by atoms with Gasteiger partial charge in [0.05, 0.1) is 5.92 Å². The smallest absolute Gasteiger partial charge is 0.231 e. The van der Waals surface area contributed by atoms with Crippen molar-refractivity contribution in [1.29, 1.82) is 0 Å². The summed E-state index contributed by atoms with van der Waals surface area (Å²) in [6.45, 7) is 0.438. The zero-order valence-corrected chi connectivity index (χ0v) is 13.0. The second-order valence-electron chi connectivity index (χ2n) is 4.82. The van der Waals surface area contributed by atoms with E-state index in [-0.39, 0.29) is 11.8 Å². The Labute approximate surface area is 131 Å². The van der Waals surface area contributed by atoms with Gasteiger partial charge in [-0.15, -0.1) is 0 Å². The predicted octanol–water partition coefficient (Wildman–Crippen LogP) is 3.48. The molecule has 1 atom stereocenters. The molecule has 0 saturated carbocycles. The van der Waals surface area contributed by atoms with Gasteiger partial charge in [-0.05, 0) is 64.9 Å². The van der Waals surface area contributed by atoms with Gasteiger partial charge in [0.2, 0.25) is 5.91 Å². The van der Waals surface area contributed by atoms with Crippen molar-refractivity contribution in [2.75, 3.05) is 11.9 Å². The second-order valence-corrected chi connectivity index (χ2v) is 6.06. The fourth-order valence-corrected chi connectivity index (χ4v) is 2.63. The lowest BCUT2D eigenvalue weighted by molar-refractivity contribution is -0.121. The number of anilines is 1. The average molecular weight is 379 g/mol. The summed E-state index contributed by atoms with van der Waals surface area (Å²) < 4.78 is 6.80. The van der Waals surface area contributed by atoms with E-state index in [1.54, 1.807) is 0 Å². The third-order valence-electron chi connectivity index (χ3n) is 3.36. The maximum atomic E-state index is 12.3. The maximum Gasteiger partial charge on any atom is 0.231 e. The van der Waals surface area contributed by atoms with E-state index in [1.807, 2.05) is 48.5 Å². The molecule has 1 amide bonds. The first-order valence-electron chi connectivity index (χ1n) is 6.49. The largest absolute Gasteiger partial charge is 0.492 e. The monoisotopic (exact) mass is 379 g/mol. The van der Waals surface area contributed by atoms with Crippen molar-refractivity contribution in [3.63, 3.8) is 0 Å². The van der Waals surface area contributed by atoms with Crippen molar-refractivity contribution in [1.82, 2.24) is 0 Å². The van der Waals surface area contributed by atoms with Crippen molar-refractivity contribution < 1.29 is 9.53 Å². The molecule has 0 radical (unpaired) electrons. The van der Waals surface area contributed by atoms with Gasteiger partial charge in [0.15, 0.2) is 0 Å². The van der Waals surface area contributed by atoms with Gasteiger partial charge in [-0.25, -0.2) is 0 Å². The number of halogens is 1. The molecule has 0 bridgehead atoms. The van der Waals surface area contributed by atoms with Crippen LogP contribution in [-0.4, -0.2) is 12.5 Å². The summed E-state index contributed by atoms with van der Waals surface area (Å²) in [5.41, 5.74) is 1.93. The molecule has 0 unspecified atom stereocenters. The molecule has 0 spiro atoms. The second kappa shape index (κ2) is 5.83. The van der Waals surface area contributed by atoms with Crippen LogP contribution in [0.2, 0.25) is 0 Å². The first-order chi connectivity index (χ1) is 9.72. The molecule has 0 saturated heterocycles. The molecular weight excluding hydrogens is 365 g/mol. The minimum atomic E-state index is -0.135. The fraction of sp³-hybridized carbons (Fsp3) is 0.188. The lowest BCUT2D eigenvalue weighted by Crippen LogP contribution is -2.32. The number of carbonyl (C=O) groups excluding carboxylic acids is 1. The average Bonchev–Trinajstić information content (AvgIpc) is 2.49. The van der Waals surface area contributed by atoms with Crippen LogP contribution in [0.25, 0.3) is 0 Å². The summed E-state index contributed by atoms with van der Waals surface area (Å²) in [6.07, 6.45) is 0.729. The highest BCUT2D eigenvalue weighted by atomic mass is 127. The van der Waals surface area contributed by atoms with Gasteiger partial charge < -0.3 is 10.1 Å². The topological polar surface area (TPSA) is 38.3 Å². The third-order valence-corrected chi connectivity index (χ3v) is 4.08. The van der Waals surface area contributed by atoms with Crippen LogP contribution in [-0.2, 0) is 11.2 Å². The summed E-state index contributed by atoms with van der Waals surface area (Å²) in [7, 11) is 0. The van der Waals surface area contributed by atoms with E-state index < -0.39 is 0 Å². The standard InChI is InChI=1S/C16H14INO2/c17-13-5-7-14(8-6-13)18-16(19)12-9-11-3-1-2-4-15(11)20-10-12/h1-8,12H,9-10H2,(H,18,19)/t12-/m0/s1. The highest BCUT2D eigenvalue weighted by molar-refractivity contribution is 14.1. The van der Waals surface area contributed by atoms with Crippen molar-refractivity contribution in [3.8, 4) is 5.75 Å². The van der Waals surface area contributed by atoms with Crippen molar-refractivity contribution in [3.05, 3.63) is 57.7 Å². The highest BCUT2D eigenvalue weighted by Gasteiger charge is 2.25. The lowest BCUT2D eigenvalue weighted by Gasteiger charge is -2.24. The number of para-hydroxylation sites is 1. The van der Waals surface area contributed by atoms with Gasteiger partial charge in [-0.2, -0.15) is 0 Å². The van der Waals surface area contributed by atoms with Gasteiger partial charge in [-0.3, -0.25) is 4.79 Å². The van der Waals surface area contributed by atoms with Crippen molar-refractivity contribution in [2.45, 2.75) is 6.42 Å². The number of fused-ring (bicyclic) bond motifs is 1. The van der Waals surface area contributed by atoms with E-state index in [1.165, 1.54) is 0 Å². The fourth-order valence-electron chi connectivity index (χ4n) is 2.27.